The first-order valence-electron chi connectivity index (χ1n) is 8.14. The average molecular weight is 474 g/mol. The predicted molar refractivity (Wildman–Crippen MR) is 116 cm³/mol. The van der Waals surface area contributed by atoms with Crippen LogP contribution in [0.2, 0.25) is 0 Å². The second-order valence-corrected chi connectivity index (χ2v) is 7.10. The number of aryl methyl sites for hydroxylation is 1. The Labute approximate surface area is 171 Å². The van der Waals surface area contributed by atoms with Crippen molar-refractivity contribution in [1.29, 1.82) is 0 Å². The van der Waals surface area contributed by atoms with Gasteiger partial charge >= 0.3 is 0 Å². The predicted octanol–water partition coefficient (Wildman–Crippen LogP) is 3.01. The van der Waals surface area contributed by atoms with E-state index in [1.54, 1.807) is 11.0 Å². The lowest BCUT2D eigenvalue weighted by molar-refractivity contribution is 0.448. The van der Waals surface area contributed by atoms with E-state index in [-0.39, 0.29) is 24.0 Å². The highest BCUT2D eigenvalue weighted by Gasteiger charge is 2.11. The van der Waals surface area contributed by atoms with Crippen molar-refractivity contribution < 1.29 is 0 Å². The van der Waals surface area contributed by atoms with Gasteiger partial charge in [0, 0.05) is 30.8 Å². The molecule has 1 atom stereocenters. The highest BCUT2D eigenvalue weighted by molar-refractivity contribution is 14.0. The van der Waals surface area contributed by atoms with E-state index in [1.807, 2.05) is 31.9 Å². The molecule has 8 heteroatoms. The maximum absolute atomic E-state index is 4.77. The third-order valence-electron chi connectivity index (χ3n) is 3.46. The second-order valence-electron chi connectivity index (χ2n) is 5.59. The molecule has 0 aliphatic rings. The fourth-order valence-electron chi connectivity index (χ4n) is 2.20. The fraction of sp³-hybridized carbons (Fsp3) is 0.471. The van der Waals surface area contributed by atoms with Gasteiger partial charge in [-0.1, -0.05) is 25.1 Å². The van der Waals surface area contributed by atoms with Crippen LogP contribution in [0, 0.1) is 0 Å². The highest BCUT2D eigenvalue weighted by atomic mass is 127. The highest BCUT2D eigenvalue weighted by Crippen LogP contribution is 2.22. The number of hydrogen-bond donors (Lipinski definition) is 1. The monoisotopic (exact) mass is 474 g/mol. The number of benzene rings is 1. The quantitative estimate of drug-likeness (QED) is 0.290. The molecular formula is C17H27IN6S. The summed E-state index contributed by atoms with van der Waals surface area (Å²) in [7, 11) is 3.92. The SMILES string of the molecule is CCNC(=NCC(C)Sc1ccccc1)N(C)Cc1ncnn1C.I. The van der Waals surface area contributed by atoms with Crippen LogP contribution in [-0.2, 0) is 13.6 Å². The Balaban J connectivity index is 0.00000312. The molecule has 25 heavy (non-hydrogen) atoms. The number of aromatic nitrogens is 3. The van der Waals surface area contributed by atoms with Crippen molar-refractivity contribution in [1.82, 2.24) is 25.0 Å². The van der Waals surface area contributed by atoms with E-state index in [4.69, 9.17) is 4.99 Å². The maximum atomic E-state index is 4.77. The first-order chi connectivity index (χ1) is 11.6. The molecule has 0 saturated carbocycles. The average Bonchev–Trinajstić information content (AvgIpc) is 2.97. The number of halogens is 1. The van der Waals surface area contributed by atoms with Gasteiger partial charge in [0.05, 0.1) is 13.1 Å². The van der Waals surface area contributed by atoms with Crippen LogP contribution in [0.25, 0.3) is 0 Å². The van der Waals surface area contributed by atoms with E-state index in [9.17, 15) is 0 Å². The second kappa shape index (κ2) is 11.3. The normalized spacial score (nSPS) is 12.4. The lowest BCUT2D eigenvalue weighted by Gasteiger charge is -2.22. The number of nitrogens with one attached hydrogen (secondary N) is 1. The number of hydrogen-bond acceptors (Lipinski definition) is 4. The molecule has 1 N–H and O–H groups in total. The van der Waals surface area contributed by atoms with Crippen LogP contribution in [0.15, 0.2) is 46.5 Å². The fourth-order valence-corrected chi connectivity index (χ4v) is 3.13. The molecule has 0 aliphatic heterocycles. The molecule has 0 spiro atoms. The molecule has 2 rings (SSSR count). The van der Waals surface area contributed by atoms with Crippen LogP contribution in [0.4, 0.5) is 0 Å². The van der Waals surface area contributed by atoms with Gasteiger partial charge in [-0.05, 0) is 19.1 Å². The van der Waals surface area contributed by atoms with Crippen molar-refractivity contribution in [3.63, 3.8) is 0 Å². The van der Waals surface area contributed by atoms with Gasteiger partial charge in [-0.15, -0.1) is 35.7 Å². The summed E-state index contributed by atoms with van der Waals surface area (Å²) in [6.45, 7) is 6.54. The van der Waals surface area contributed by atoms with Crippen molar-refractivity contribution in [2.24, 2.45) is 12.0 Å². The summed E-state index contributed by atoms with van der Waals surface area (Å²) in [6, 6.07) is 10.4. The zero-order chi connectivity index (χ0) is 17.4. The molecule has 0 radical (unpaired) electrons. The van der Waals surface area contributed by atoms with Crippen LogP contribution >= 0.6 is 35.7 Å². The molecule has 1 aromatic carbocycles. The van der Waals surface area contributed by atoms with Crippen LogP contribution in [0.3, 0.4) is 0 Å². The number of rotatable bonds is 7. The van der Waals surface area contributed by atoms with Crippen molar-refractivity contribution in [2.45, 2.75) is 30.5 Å². The Hall–Kier alpha value is -1.29. The Morgan fingerprint density at radius 2 is 2.08 bits per heavy atom. The molecule has 0 amide bonds. The zero-order valence-corrected chi connectivity index (χ0v) is 18.4. The first kappa shape index (κ1) is 21.8. The molecule has 0 bridgehead atoms. The molecule has 1 heterocycles. The van der Waals surface area contributed by atoms with Gasteiger partial charge in [-0.25, -0.2) is 4.98 Å². The van der Waals surface area contributed by atoms with Crippen molar-refractivity contribution in [3.05, 3.63) is 42.5 Å². The summed E-state index contributed by atoms with van der Waals surface area (Å²) in [5, 5.41) is 7.86. The molecular weight excluding hydrogens is 447 g/mol. The van der Waals surface area contributed by atoms with Crippen LogP contribution in [0.1, 0.15) is 19.7 Å². The Bertz CT molecular complexity index is 646. The van der Waals surface area contributed by atoms with Gasteiger partial charge in [0.1, 0.15) is 12.2 Å². The smallest absolute Gasteiger partial charge is 0.194 e. The first-order valence-corrected chi connectivity index (χ1v) is 9.02. The van der Waals surface area contributed by atoms with E-state index in [0.29, 0.717) is 11.8 Å². The molecule has 0 fully saturated rings. The summed E-state index contributed by atoms with van der Waals surface area (Å²) in [4.78, 5) is 12.4. The summed E-state index contributed by atoms with van der Waals surface area (Å²) >= 11 is 1.84. The van der Waals surface area contributed by atoms with Crippen molar-refractivity contribution in [3.8, 4) is 0 Å². The third-order valence-corrected chi connectivity index (χ3v) is 4.55. The number of nitrogens with zero attached hydrogens (tertiary/aromatic N) is 5. The molecule has 0 saturated heterocycles. The van der Waals surface area contributed by atoms with Crippen molar-refractivity contribution in [2.75, 3.05) is 20.1 Å². The van der Waals surface area contributed by atoms with Crippen LogP contribution in [-0.4, -0.2) is 51.0 Å². The lowest BCUT2D eigenvalue weighted by Crippen LogP contribution is -2.39. The van der Waals surface area contributed by atoms with E-state index in [2.05, 4.69) is 58.4 Å². The minimum Gasteiger partial charge on any atom is -0.357 e. The summed E-state index contributed by atoms with van der Waals surface area (Å²) < 4.78 is 1.79. The van der Waals surface area contributed by atoms with Crippen molar-refractivity contribution >= 4 is 41.7 Å². The summed E-state index contributed by atoms with van der Waals surface area (Å²) in [5.41, 5.74) is 0. The Morgan fingerprint density at radius 3 is 2.68 bits per heavy atom. The summed E-state index contributed by atoms with van der Waals surface area (Å²) in [6.07, 6.45) is 1.58. The van der Waals surface area contributed by atoms with Gasteiger partial charge < -0.3 is 10.2 Å². The molecule has 1 unspecified atom stereocenters. The zero-order valence-electron chi connectivity index (χ0n) is 15.2. The Kier molecular flexibility index (Phi) is 9.88. The number of aliphatic imine (C=N–C) groups is 1. The van der Waals surface area contributed by atoms with Gasteiger partial charge in [0.15, 0.2) is 5.96 Å². The Morgan fingerprint density at radius 1 is 1.36 bits per heavy atom. The summed E-state index contributed by atoms with van der Waals surface area (Å²) in [5.74, 6) is 1.80. The van der Waals surface area contributed by atoms with Crippen LogP contribution < -0.4 is 5.32 Å². The molecule has 138 valence electrons. The topological polar surface area (TPSA) is 58.3 Å². The lowest BCUT2D eigenvalue weighted by atomic mass is 10.4. The van der Waals surface area contributed by atoms with E-state index < -0.39 is 0 Å². The van der Waals surface area contributed by atoms with Gasteiger partial charge in [-0.3, -0.25) is 9.67 Å². The van der Waals surface area contributed by atoms with Gasteiger partial charge in [0.2, 0.25) is 0 Å². The molecule has 1 aromatic heterocycles. The minimum atomic E-state index is 0. The molecule has 2 aromatic rings. The standard InChI is InChI=1S/C17H26N6S.HI/c1-5-18-17(22(3)12-16-20-13-21-23(16)4)19-11-14(2)24-15-9-7-6-8-10-15;/h6-10,13-14H,5,11-12H2,1-4H3,(H,18,19);1H. The number of thioether (sulfide) groups is 1. The molecule has 6 nitrogen and oxygen atoms in total. The minimum absolute atomic E-state index is 0. The van der Waals surface area contributed by atoms with Crippen LogP contribution in [0.5, 0.6) is 0 Å². The number of guanidine groups is 1. The van der Waals surface area contributed by atoms with Gasteiger partial charge in [-0.2, -0.15) is 5.10 Å². The van der Waals surface area contributed by atoms with E-state index in [1.165, 1.54) is 4.90 Å². The largest absolute Gasteiger partial charge is 0.357 e. The maximum Gasteiger partial charge on any atom is 0.194 e. The van der Waals surface area contributed by atoms with Gasteiger partial charge in [0.25, 0.3) is 0 Å². The molecule has 0 aliphatic carbocycles. The third kappa shape index (κ3) is 7.23. The van der Waals surface area contributed by atoms with E-state index >= 15 is 0 Å². The van der Waals surface area contributed by atoms with E-state index in [0.717, 1.165) is 24.9 Å².